The molecule has 3 rings (SSSR count). The monoisotopic (exact) mass is 394 g/mol. The Balaban J connectivity index is 0.00000261. The van der Waals surface area contributed by atoms with Gasteiger partial charge >= 0.3 is 0 Å². The van der Waals surface area contributed by atoms with Crippen LogP contribution in [0.2, 0.25) is 0 Å². The quantitative estimate of drug-likeness (QED) is 0.786. The second kappa shape index (κ2) is 9.69. The van der Waals surface area contributed by atoms with Gasteiger partial charge in [0.2, 0.25) is 5.91 Å². The first-order chi connectivity index (χ1) is 12.6. The largest absolute Gasteiger partial charge is 0.489 e. The number of amides is 1. The molecule has 0 bridgehead atoms. The summed E-state index contributed by atoms with van der Waals surface area (Å²) in [4.78, 5) is 12.6. The van der Waals surface area contributed by atoms with Crippen LogP contribution < -0.4 is 15.8 Å². The molecule has 5 nitrogen and oxygen atoms in total. The molecule has 0 saturated carbocycles. The number of rotatable bonds is 6. The first-order valence-electron chi connectivity index (χ1n) is 8.68. The van der Waals surface area contributed by atoms with Gasteiger partial charge in [-0.1, -0.05) is 18.2 Å². The number of halogens is 2. The Bertz CT molecular complexity index is 749. The number of carbonyl (C=O) groups excluding carboxylic acids is 1. The molecule has 3 N–H and O–H groups in total. The summed E-state index contributed by atoms with van der Waals surface area (Å²) < 4.78 is 24.5. The van der Waals surface area contributed by atoms with Crippen LogP contribution in [0, 0.1) is 11.2 Å². The lowest BCUT2D eigenvalue weighted by Crippen LogP contribution is -2.46. The number of anilines is 1. The van der Waals surface area contributed by atoms with Gasteiger partial charge in [-0.05, 0) is 43.2 Å². The molecule has 1 aliphatic rings. The van der Waals surface area contributed by atoms with Crippen molar-refractivity contribution in [1.29, 1.82) is 0 Å². The van der Waals surface area contributed by atoms with Gasteiger partial charge in [-0.3, -0.25) is 4.79 Å². The van der Waals surface area contributed by atoms with E-state index in [2.05, 4.69) is 5.32 Å². The van der Waals surface area contributed by atoms with Gasteiger partial charge in [-0.15, -0.1) is 12.4 Å². The van der Waals surface area contributed by atoms with Gasteiger partial charge < -0.3 is 20.5 Å². The van der Waals surface area contributed by atoms with E-state index < -0.39 is 5.41 Å². The summed E-state index contributed by atoms with van der Waals surface area (Å²) in [5.74, 6) is 0.231. The molecule has 1 heterocycles. The zero-order valence-electron chi connectivity index (χ0n) is 14.9. The predicted octanol–water partition coefficient (Wildman–Crippen LogP) is 3.52. The second-order valence-electron chi connectivity index (χ2n) is 6.46. The van der Waals surface area contributed by atoms with E-state index in [4.69, 9.17) is 15.2 Å². The third-order valence-electron chi connectivity index (χ3n) is 4.79. The average molecular weight is 395 g/mol. The normalized spacial score (nSPS) is 15.5. The van der Waals surface area contributed by atoms with Crippen LogP contribution in [-0.4, -0.2) is 25.7 Å². The molecule has 0 spiro atoms. The van der Waals surface area contributed by atoms with Crippen LogP contribution in [0.1, 0.15) is 18.4 Å². The number of hydrogen-bond acceptors (Lipinski definition) is 4. The summed E-state index contributed by atoms with van der Waals surface area (Å²) >= 11 is 0. The van der Waals surface area contributed by atoms with Crippen molar-refractivity contribution in [3.8, 4) is 5.75 Å². The Morgan fingerprint density at radius 3 is 2.44 bits per heavy atom. The van der Waals surface area contributed by atoms with Gasteiger partial charge in [-0.25, -0.2) is 4.39 Å². The Kier molecular flexibility index (Phi) is 7.59. The number of nitrogens with one attached hydrogen (secondary N) is 1. The second-order valence-corrected chi connectivity index (χ2v) is 6.46. The Morgan fingerprint density at radius 1 is 1.15 bits per heavy atom. The van der Waals surface area contributed by atoms with Gasteiger partial charge in [0.1, 0.15) is 18.2 Å². The van der Waals surface area contributed by atoms with Crippen LogP contribution in [0.5, 0.6) is 5.75 Å². The van der Waals surface area contributed by atoms with Crippen molar-refractivity contribution in [2.24, 2.45) is 11.1 Å². The van der Waals surface area contributed by atoms with Gasteiger partial charge in [-0.2, -0.15) is 0 Å². The summed E-state index contributed by atoms with van der Waals surface area (Å²) in [6.07, 6.45) is 1.25. The minimum atomic E-state index is -0.571. The molecule has 1 amide bonds. The third-order valence-corrected chi connectivity index (χ3v) is 4.79. The summed E-state index contributed by atoms with van der Waals surface area (Å²) in [6.45, 7) is 1.54. The highest BCUT2D eigenvalue weighted by molar-refractivity contribution is 5.95. The van der Waals surface area contributed by atoms with Gasteiger partial charge in [0.05, 0.1) is 5.41 Å². The minimum absolute atomic E-state index is 0. The first-order valence-corrected chi connectivity index (χ1v) is 8.68. The molecular weight excluding hydrogens is 371 g/mol. The summed E-state index contributed by atoms with van der Waals surface area (Å²) in [5, 5.41) is 2.92. The van der Waals surface area contributed by atoms with Gasteiger partial charge in [0.15, 0.2) is 0 Å². The van der Waals surface area contributed by atoms with Crippen molar-refractivity contribution in [2.45, 2.75) is 19.4 Å². The maximum atomic E-state index is 13.6. The Morgan fingerprint density at radius 2 is 1.81 bits per heavy atom. The maximum absolute atomic E-state index is 13.6. The molecule has 0 aliphatic carbocycles. The zero-order valence-corrected chi connectivity index (χ0v) is 15.8. The highest BCUT2D eigenvalue weighted by Crippen LogP contribution is 2.31. The molecule has 1 saturated heterocycles. The van der Waals surface area contributed by atoms with Crippen LogP contribution >= 0.6 is 12.4 Å². The molecule has 1 fully saturated rings. The molecule has 7 heteroatoms. The predicted molar refractivity (Wildman–Crippen MR) is 105 cm³/mol. The molecule has 27 heavy (non-hydrogen) atoms. The first kappa shape index (κ1) is 21.2. The molecule has 0 aromatic heterocycles. The van der Waals surface area contributed by atoms with Crippen molar-refractivity contribution < 1.29 is 18.7 Å². The zero-order chi connectivity index (χ0) is 18.4. The standard InChI is InChI=1S/C20H23FN2O3.ClH/c21-18-4-2-1-3-15(18)13-26-17-7-5-16(6-8-17)23-19(24)20(14-22)9-11-25-12-10-20;/h1-8H,9-14,22H2,(H,23,24);1H. The van der Waals surface area contributed by atoms with Crippen LogP contribution in [0.25, 0.3) is 0 Å². The Hall–Kier alpha value is -2.15. The molecule has 0 atom stereocenters. The number of ether oxygens (including phenoxy) is 2. The number of nitrogens with two attached hydrogens (primary N) is 1. The number of hydrogen-bond donors (Lipinski definition) is 2. The van der Waals surface area contributed by atoms with E-state index in [1.807, 2.05) is 0 Å². The SMILES string of the molecule is Cl.NCC1(C(=O)Nc2ccc(OCc3ccccc3F)cc2)CCOCC1. The summed E-state index contributed by atoms with van der Waals surface area (Å²) in [6, 6.07) is 13.5. The van der Waals surface area contributed by atoms with Crippen molar-refractivity contribution in [3.63, 3.8) is 0 Å². The van der Waals surface area contributed by atoms with Crippen molar-refractivity contribution in [1.82, 2.24) is 0 Å². The molecule has 146 valence electrons. The van der Waals surface area contributed by atoms with Gasteiger partial charge in [0, 0.05) is 31.0 Å². The van der Waals surface area contributed by atoms with E-state index >= 15 is 0 Å². The van der Waals surface area contributed by atoms with Gasteiger partial charge in [0.25, 0.3) is 0 Å². The van der Waals surface area contributed by atoms with Crippen molar-refractivity contribution in [2.75, 3.05) is 25.1 Å². The number of carbonyl (C=O) groups is 1. The van der Waals surface area contributed by atoms with E-state index in [1.54, 1.807) is 42.5 Å². The van der Waals surface area contributed by atoms with Crippen molar-refractivity contribution >= 4 is 24.0 Å². The molecule has 0 radical (unpaired) electrons. The number of benzene rings is 2. The summed E-state index contributed by atoms with van der Waals surface area (Å²) in [7, 11) is 0. The summed E-state index contributed by atoms with van der Waals surface area (Å²) in [5.41, 5.74) is 6.45. The smallest absolute Gasteiger partial charge is 0.232 e. The molecule has 0 unspecified atom stereocenters. The molecule has 1 aliphatic heterocycles. The molecule has 2 aromatic rings. The fourth-order valence-electron chi connectivity index (χ4n) is 2.96. The third kappa shape index (κ3) is 5.19. The van der Waals surface area contributed by atoms with E-state index in [0.29, 0.717) is 49.6 Å². The fraction of sp³-hybridized carbons (Fsp3) is 0.350. The van der Waals surface area contributed by atoms with Crippen molar-refractivity contribution in [3.05, 3.63) is 59.9 Å². The van der Waals surface area contributed by atoms with E-state index in [1.165, 1.54) is 6.07 Å². The van der Waals surface area contributed by atoms with Crippen LogP contribution in [0.3, 0.4) is 0 Å². The van der Waals surface area contributed by atoms with Crippen LogP contribution in [0.4, 0.5) is 10.1 Å². The van der Waals surface area contributed by atoms with E-state index in [0.717, 1.165) is 0 Å². The van der Waals surface area contributed by atoms with E-state index in [-0.39, 0.29) is 30.7 Å². The topological polar surface area (TPSA) is 73.6 Å². The van der Waals surface area contributed by atoms with E-state index in [9.17, 15) is 9.18 Å². The highest BCUT2D eigenvalue weighted by atomic mass is 35.5. The molecular formula is C20H24ClFN2O3. The maximum Gasteiger partial charge on any atom is 0.232 e. The lowest BCUT2D eigenvalue weighted by molar-refractivity contribution is -0.130. The highest BCUT2D eigenvalue weighted by Gasteiger charge is 2.38. The molecule has 2 aromatic carbocycles. The Labute approximate surface area is 164 Å². The van der Waals surface area contributed by atoms with Crippen LogP contribution in [-0.2, 0) is 16.1 Å². The minimum Gasteiger partial charge on any atom is -0.489 e. The lowest BCUT2D eigenvalue weighted by atomic mass is 9.79. The fourth-order valence-corrected chi connectivity index (χ4v) is 2.96. The lowest BCUT2D eigenvalue weighted by Gasteiger charge is -2.34. The average Bonchev–Trinajstić information content (AvgIpc) is 2.69. The van der Waals surface area contributed by atoms with Crippen LogP contribution in [0.15, 0.2) is 48.5 Å².